The first-order valence-corrected chi connectivity index (χ1v) is 11.2. The van der Waals surface area contributed by atoms with Gasteiger partial charge in [0.1, 0.15) is 18.2 Å². The molecule has 2 amide bonds. The van der Waals surface area contributed by atoms with Gasteiger partial charge in [-0.1, -0.05) is 35.9 Å². The number of ether oxygens (including phenoxy) is 1. The summed E-state index contributed by atoms with van der Waals surface area (Å²) in [7, 11) is 0. The summed E-state index contributed by atoms with van der Waals surface area (Å²) in [6.45, 7) is 1.69. The molecule has 10 heteroatoms. The minimum absolute atomic E-state index is 0.100. The van der Waals surface area contributed by atoms with E-state index in [2.05, 4.69) is 15.6 Å². The standard InChI is InChI=1S/C25H24ClN5O4/c1-15(27)23-29-20-10-5-8-18(26)22(20)24(33)31(23)17-7-4-6-16(14-17)28-25(34)30-19-9-2-3-11-21(19)35-13-12-32/h2-11,14-15,32H,12-13,27H2,1H3,(H2,28,30,34)/t15-/m0/s1. The van der Waals surface area contributed by atoms with Crippen LogP contribution in [-0.2, 0) is 0 Å². The lowest BCUT2D eigenvalue weighted by Crippen LogP contribution is -2.28. The lowest BCUT2D eigenvalue weighted by Gasteiger charge is -2.17. The molecule has 0 saturated heterocycles. The van der Waals surface area contributed by atoms with Gasteiger partial charge in [0.25, 0.3) is 5.56 Å². The fraction of sp³-hybridized carbons (Fsp3) is 0.160. The molecule has 0 aliphatic heterocycles. The van der Waals surface area contributed by atoms with E-state index in [1.807, 2.05) is 0 Å². The van der Waals surface area contributed by atoms with E-state index in [-0.39, 0.29) is 24.2 Å². The van der Waals surface area contributed by atoms with Gasteiger partial charge in [0.05, 0.1) is 39.9 Å². The maximum Gasteiger partial charge on any atom is 0.323 e. The van der Waals surface area contributed by atoms with Crippen molar-refractivity contribution in [2.24, 2.45) is 5.73 Å². The summed E-state index contributed by atoms with van der Waals surface area (Å²) in [5.74, 6) is 0.791. The highest BCUT2D eigenvalue weighted by atomic mass is 35.5. The number of urea groups is 1. The van der Waals surface area contributed by atoms with Crippen molar-refractivity contribution in [2.45, 2.75) is 13.0 Å². The topological polar surface area (TPSA) is 132 Å². The average Bonchev–Trinajstić information content (AvgIpc) is 2.83. The molecule has 35 heavy (non-hydrogen) atoms. The Hall–Kier alpha value is -3.92. The highest BCUT2D eigenvalue weighted by Gasteiger charge is 2.18. The van der Waals surface area contributed by atoms with Crippen LogP contribution >= 0.6 is 11.6 Å². The minimum Gasteiger partial charge on any atom is -0.489 e. The van der Waals surface area contributed by atoms with Crippen LogP contribution in [0.1, 0.15) is 18.8 Å². The smallest absolute Gasteiger partial charge is 0.323 e. The molecule has 4 aromatic rings. The van der Waals surface area contributed by atoms with Crippen molar-refractivity contribution in [3.63, 3.8) is 0 Å². The number of para-hydroxylation sites is 2. The highest BCUT2D eigenvalue weighted by Crippen LogP contribution is 2.25. The second kappa shape index (κ2) is 10.6. The molecule has 0 radical (unpaired) electrons. The number of rotatable bonds is 7. The van der Waals surface area contributed by atoms with E-state index in [4.69, 9.17) is 27.2 Å². The third-order valence-corrected chi connectivity index (χ3v) is 5.44. The predicted molar refractivity (Wildman–Crippen MR) is 137 cm³/mol. The molecule has 0 aliphatic carbocycles. The SMILES string of the molecule is C[C@H](N)c1nc2cccc(Cl)c2c(=O)n1-c1cccc(NC(=O)Nc2ccccc2OCCO)c1. The number of benzene rings is 3. The summed E-state index contributed by atoms with van der Waals surface area (Å²) in [6.07, 6.45) is 0. The van der Waals surface area contributed by atoms with Crippen LogP contribution in [0.2, 0.25) is 5.02 Å². The number of anilines is 2. The Morgan fingerprint density at radius 2 is 1.91 bits per heavy atom. The Morgan fingerprint density at radius 1 is 1.14 bits per heavy atom. The molecule has 0 unspecified atom stereocenters. The number of aliphatic hydroxyl groups excluding tert-OH is 1. The van der Waals surface area contributed by atoms with Gasteiger partial charge in [-0.15, -0.1) is 0 Å². The molecule has 0 saturated carbocycles. The number of nitrogens with two attached hydrogens (primary N) is 1. The molecule has 1 atom stereocenters. The van der Waals surface area contributed by atoms with E-state index in [1.54, 1.807) is 73.7 Å². The first-order chi connectivity index (χ1) is 16.9. The molecule has 0 bridgehead atoms. The van der Waals surface area contributed by atoms with E-state index in [1.165, 1.54) is 4.57 Å². The van der Waals surface area contributed by atoms with Crippen LogP contribution < -0.4 is 26.7 Å². The van der Waals surface area contributed by atoms with E-state index in [9.17, 15) is 9.59 Å². The Morgan fingerprint density at radius 3 is 2.69 bits per heavy atom. The van der Waals surface area contributed by atoms with Gasteiger partial charge in [0, 0.05) is 5.69 Å². The number of halogens is 1. The molecule has 3 aromatic carbocycles. The van der Waals surface area contributed by atoms with Crippen molar-refractivity contribution >= 4 is 39.9 Å². The minimum atomic E-state index is -0.540. The molecular weight excluding hydrogens is 470 g/mol. The fourth-order valence-corrected chi connectivity index (χ4v) is 3.87. The van der Waals surface area contributed by atoms with Gasteiger partial charge in [-0.2, -0.15) is 0 Å². The molecule has 0 spiro atoms. The second-order valence-electron chi connectivity index (χ2n) is 7.73. The van der Waals surface area contributed by atoms with Crippen molar-refractivity contribution in [3.8, 4) is 11.4 Å². The third-order valence-electron chi connectivity index (χ3n) is 5.13. The predicted octanol–water partition coefficient (Wildman–Crippen LogP) is 4.07. The lowest BCUT2D eigenvalue weighted by molar-refractivity contribution is 0.202. The summed E-state index contributed by atoms with van der Waals surface area (Å²) >= 11 is 6.30. The molecule has 1 heterocycles. The third kappa shape index (κ3) is 5.27. The van der Waals surface area contributed by atoms with Gasteiger partial charge in [0.15, 0.2) is 0 Å². The summed E-state index contributed by atoms with van der Waals surface area (Å²) in [5, 5.41) is 15.0. The highest BCUT2D eigenvalue weighted by molar-refractivity contribution is 6.35. The maximum absolute atomic E-state index is 13.4. The summed E-state index contributed by atoms with van der Waals surface area (Å²) < 4.78 is 6.85. The van der Waals surface area contributed by atoms with Gasteiger partial charge >= 0.3 is 6.03 Å². The Labute approximate surface area is 206 Å². The number of fused-ring (bicyclic) bond motifs is 1. The van der Waals surface area contributed by atoms with Gasteiger partial charge in [-0.05, 0) is 49.4 Å². The zero-order valence-electron chi connectivity index (χ0n) is 18.9. The van der Waals surface area contributed by atoms with Crippen LogP contribution in [-0.4, -0.2) is 33.9 Å². The first kappa shape index (κ1) is 24.2. The van der Waals surface area contributed by atoms with Crippen molar-refractivity contribution in [3.05, 3.63) is 87.9 Å². The largest absolute Gasteiger partial charge is 0.489 e. The summed E-state index contributed by atoms with van der Waals surface area (Å²) in [5.41, 5.74) is 7.60. The van der Waals surface area contributed by atoms with Crippen LogP contribution in [0.25, 0.3) is 16.6 Å². The van der Waals surface area contributed by atoms with Crippen molar-refractivity contribution in [1.29, 1.82) is 0 Å². The number of carbonyl (C=O) groups excluding carboxylic acids is 1. The number of hydrogen-bond donors (Lipinski definition) is 4. The zero-order valence-corrected chi connectivity index (χ0v) is 19.6. The number of hydrogen-bond acceptors (Lipinski definition) is 6. The van der Waals surface area contributed by atoms with E-state index in [0.717, 1.165) is 0 Å². The average molecular weight is 494 g/mol. The van der Waals surface area contributed by atoms with Crippen LogP contribution in [0.5, 0.6) is 5.75 Å². The number of aliphatic hydroxyl groups is 1. The van der Waals surface area contributed by atoms with E-state index in [0.29, 0.717) is 39.2 Å². The first-order valence-electron chi connectivity index (χ1n) is 10.9. The maximum atomic E-state index is 13.4. The van der Waals surface area contributed by atoms with Gasteiger partial charge in [-0.25, -0.2) is 9.78 Å². The zero-order chi connectivity index (χ0) is 24.9. The number of nitrogens with zero attached hydrogens (tertiary/aromatic N) is 2. The molecule has 0 fully saturated rings. The molecule has 0 aliphatic rings. The Bertz CT molecular complexity index is 1440. The summed E-state index contributed by atoms with van der Waals surface area (Å²) in [4.78, 5) is 30.7. The number of carbonyl (C=O) groups is 1. The van der Waals surface area contributed by atoms with E-state index >= 15 is 0 Å². The van der Waals surface area contributed by atoms with E-state index < -0.39 is 12.1 Å². The van der Waals surface area contributed by atoms with Crippen molar-refractivity contribution in [1.82, 2.24) is 9.55 Å². The number of aromatic nitrogens is 2. The van der Waals surface area contributed by atoms with Crippen LogP contribution in [0.3, 0.4) is 0 Å². The van der Waals surface area contributed by atoms with Gasteiger partial charge in [0.2, 0.25) is 0 Å². The lowest BCUT2D eigenvalue weighted by atomic mass is 10.2. The van der Waals surface area contributed by atoms with Crippen LogP contribution in [0.4, 0.5) is 16.2 Å². The normalized spacial score (nSPS) is 11.8. The van der Waals surface area contributed by atoms with Gasteiger partial charge < -0.3 is 26.2 Å². The van der Waals surface area contributed by atoms with Gasteiger partial charge in [-0.3, -0.25) is 9.36 Å². The number of amides is 2. The van der Waals surface area contributed by atoms with Crippen molar-refractivity contribution < 1.29 is 14.6 Å². The molecular formula is C25H24ClN5O4. The fourth-order valence-electron chi connectivity index (χ4n) is 3.62. The monoisotopic (exact) mass is 493 g/mol. The molecule has 5 N–H and O–H groups in total. The van der Waals surface area contributed by atoms with Crippen LogP contribution in [0, 0.1) is 0 Å². The summed E-state index contributed by atoms with van der Waals surface area (Å²) in [6, 6.07) is 17.7. The number of nitrogens with one attached hydrogen (secondary N) is 2. The van der Waals surface area contributed by atoms with Crippen molar-refractivity contribution in [2.75, 3.05) is 23.8 Å². The Balaban J connectivity index is 1.66. The second-order valence-corrected chi connectivity index (χ2v) is 8.14. The molecule has 9 nitrogen and oxygen atoms in total. The quantitative estimate of drug-likeness (QED) is 0.307. The molecule has 1 aromatic heterocycles. The molecule has 180 valence electrons. The van der Waals surface area contributed by atoms with Crippen LogP contribution in [0.15, 0.2) is 71.5 Å². The molecule has 4 rings (SSSR count). The Kier molecular flexibility index (Phi) is 7.31.